The molecule has 2 N–H and O–H groups in total. The lowest BCUT2D eigenvalue weighted by Crippen LogP contribution is -2.33. The van der Waals surface area contributed by atoms with E-state index in [0.717, 1.165) is 30.4 Å². The van der Waals surface area contributed by atoms with Gasteiger partial charge in [0, 0.05) is 11.1 Å². The Morgan fingerprint density at radius 2 is 1.78 bits per heavy atom. The van der Waals surface area contributed by atoms with Crippen molar-refractivity contribution >= 4 is 10.8 Å². The van der Waals surface area contributed by atoms with Gasteiger partial charge in [0.1, 0.15) is 5.82 Å². The molecular formula is C19H16FNO2. The summed E-state index contributed by atoms with van der Waals surface area (Å²) in [5.41, 5.74) is 1.46. The molecule has 1 fully saturated rings. The predicted octanol–water partition coefficient (Wildman–Crippen LogP) is 3.71. The Balaban J connectivity index is 1.77. The molecule has 0 saturated heterocycles. The van der Waals surface area contributed by atoms with Crippen LogP contribution in [-0.4, -0.2) is 10.1 Å². The van der Waals surface area contributed by atoms with Crippen LogP contribution < -0.4 is 5.56 Å². The molecular weight excluding hydrogens is 293 g/mol. The first-order valence-electron chi connectivity index (χ1n) is 7.71. The smallest absolute Gasteiger partial charge is 0.256 e. The number of hydrogen-bond acceptors (Lipinski definition) is 2. The van der Waals surface area contributed by atoms with Crippen molar-refractivity contribution in [2.75, 3.05) is 0 Å². The molecule has 1 heterocycles. The molecule has 0 aliphatic heterocycles. The number of aromatic amines is 1. The Bertz CT molecular complexity index is 940. The largest absolute Gasteiger partial charge is 0.385 e. The molecule has 2 aromatic carbocycles. The molecule has 0 atom stereocenters. The number of aliphatic hydroxyl groups is 1. The van der Waals surface area contributed by atoms with Gasteiger partial charge in [0.05, 0.1) is 5.60 Å². The molecule has 0 spiro atoms. The molecule has 1 aliphatic carbocycles. The van der Waals surface area contributed by atoms with Gasteiger partial charge in [0.2, 0.25) is 0 Å². The molecule has 4 rings (SSSR count). The van der Waals surface area contributed by atoms with Crippen molar-refractivity contribution in [3.8, 4) is 11.3 Å². The van der Waals surface area contributed by atoms with E-state index in [2.05, 4.69) is 4.98 Å². The van der Waals surface area contributed by atoms with Crippen molar-refractivity contribution in [2.45, 2.75) is 24.9 Å². The van der Waals surface area contributed by atoms with E-state index in [-0.39, 0.29) is 5.56 Å². The molecule has 0 unspecified atom stereocenters. The molecule has 4 heteroatoms. The monoisotopic (exact) mass is 309 g/mol. The molecule has 0 radical (unpaired) electrons. The first-order valence-corrected chi connectivity index (χ1v) is 7.71. The third-order valence-corrected chi connectivity index (χ3v) is 4.72. The zero-order valence-corrected chi connectivity index (χ0v) is 12.5. The summed E-state index contributed by atoms with van der Waals surface area (Å²) < 4.78 is 13.3. The Morgan fingerprint density at radius 1 is 1.04 bits per heavy atom. The van der Waals surface area contributed by atoms with Gasteiger partial charge < -0.3 is 10.1 Å². The number of fused-ring (bicyclic) bond motifs is 1. The van der Waals surface area contributed by atoms with Crippen LogP contribution in [0.25, 0.3) is 22.0 Å². The quantitative estimate of drug-likeness (QED) is 0.758. The van der Waals surface area contributed by atoms with Gasteiger partial charge in [-0.05, 0) is 54.0 Å². The van der Waals surface area contributed by atoms with E-state index in [9.17, 15) is 14.3 Å². The van der Waals surface area contributed by atoms with Crippen molar-refractivity contribution in [3.05, 3.63) is 70.3 Å². The minimum Gasteiger partial charge on any atom is -0.385 e. The van der Waals surface area contributed by atoms with Crippen LogP contribution in [0.5, 0.6) is 0 Å². The highest BCUT2D eigenvalue weighted by molar-refractivity contribution is 5.85. The van der Waals surface area contributed by atoms with Gasteiger partial charge in [-0.15, -0.1) is 0 Å². The summed E-state index contributed by atoms with van der Waals surface area (Å²) in [5.74, 6) is -0.422. The Labute approximate surface area is 132 Å². The second-order valence-corrected chi connectivity index (χ2v) is 6.21. The summed E-state index contributed by atoms with van der Waals surface area (Å²) in [6.07, 6.45) is 2.64. The summed E-state index contributed by atoms with van der Waals surface area (Å²) in [6, 6.07) is 13.6. The van der Waals surface area contributed by atoms with Crippen LogP contribution in [0.4, 0.5) is 4.39 Å². The fraction of sp³-hybridized carbons (Fsp3) is 0.211. The average molecular weight is 309 g/mol. The molecule has 1 aliphatic rings. The standard InChI is InChI=1S/C19H16FNO2/c20-15-7-4-13-10-17(21-18(22)16(13)11-15)12-2-5-14(6-3-12)19(23)8-1-9-19/h2-7,10-11,23H,1,8-9H2,(H,21,22). The lowest BCUT2D eigenvalue weighted by atomic mass is 9.75. The van der Waals surface area contributed by atoms with Gasteiger partial charge in [-0.3, -0.25) is 4.79 Å². The fourth-order valence-corrected chi connectivity index (χ4v) is 3.15. The second-order valence-electron chi connectivity index (χ2n) is 6.21. The van der Waals surface area contributed by atoms with Gasteiger partial charge in [-0.2, -0.15) is 0 Å². The van der Waals surface area contributed by atoms with Crippen molar-refractivity contribution < 1.29 is 9.50 Å². The lowest BCUT2D eigenvalue weighted by molar-refractivity contribution is -0.0387. The number of hydrogen-bond donors (Lipinski definition) is 2. The van der Waals surface area contributed by atoms with Crippen LogP contribution in [0, 0.1) is 5.82 Å². The van der Waals surface area contributed by atoms with E-state index in [1.54, 1.807) is 6.07 Å². The molecule has 3 nitrogen and oxygen atoms in total. The maximum absolute atomic E-state index is 13.3. The third kappa shape index (κ3) is 2.35. The molecule has 116 valence electrons. The normalized spacial score (nSPS) is 16.3. The van der Waals surface area contributed by atoms with Crippen molar-refractivity contribution in [3.63, 3.8) is 0 Å². The summed E-state index contributed by atoms with van der Waals surface area (Å²) >= 11 is 0. The number of pyridine rings is 1. The maximum atomic E-state index is 13.3. The fourth-order valence-electron chi connectivity index (χ4n) is 3.15. The Morgan fingerprint density at radius 3 is 2.43 bits per heavy atom. The topological polar surface area (TPSA) is 53.1 Å². The molecule has 3 aromatic rings. The predicted molar refractivity (Wildman–Crippen MR) is 87.7 cm³/mol. The van der Waals surface area contributed by atoms with Crippen LogP contribution >= 0.6 is 0 Å². The van der Waals surface area contributed by atoms with Gasteiger partial charge in [-0.25, -0.2) is 4.39 Å². The van der Waals surface area contributed by atoms with E-state index in [0.29, 0.717) is 16.5 Å². The number of rotatable bonds is 2. The van der Waals surface area contributed by atoms with Crippen molar-refractivity contribution in [1.82, 2.24) is 4.98 Å². The SMILES string of the molecule is O=c1[nH]c(-c2ccc(C3(O)CCC3)cc2)cc2ccc(F)cc12. The number of H-pyrrole nitrogens is 1. The minimum absolute atomic E-state index is 0.307. The first kappa shape index (κ1) is 14.2. The highest BCUT2D eigenvalue weighted by Gasteiger charge is 2.35. The highest BCUT2D eigenvalue weighted by Crippen LogP contribution is 2.41. The van der Waals surface area contributed by atoms with Crippen LogP contribution in [0.3, 0.4) is 0 Å². The summed E-state index contributed by atoms with van der Waals surface area (Å²) in [7, 11) is 0. The summed E-state index contributed by atoms with van der Waals surface area (Å²) in [4.78, 5) is 14.9. The maximum Gasteiger partial charge on any atom is 0.256 e. The van der Waals surface area contributed by atoms with E-state index in [4.69, 9.17) is 0 Å². The van der Waals surface area contributed by atoms with E-state index < -0.39 is 11.4 Å². The summed E-state index contributed by atoms with van der Waals surface area (Å²) in [6.45, 7) is 0. The van der Waals surface area contributed by atoms with Crippen molar-refractivity contribution in [2.24, 2.45) is 0 Å². The zero-order chi connectivity index (χ0) is 16.0. The number of benzene rings is 2. The lowest BCUT2D eigenvalue weighted by Gasteiger charge is -2.37. The van der Waals surface area contributed by atoms with Crippen molar-refractivity contribution in [1.29, 1.82) is 0 Å². The molecule has 0 amide bonds. The number of halogens is 1. The molecule has 0 bridgehead atoms. The molecule has 1 aromatic heterocycles. The van der Waals surface area contributed by atoms with Gasteiger partial charge in [-0.1, -0.05) is 30.3 Å². The molecule has 23 heavy (non-hydrogen) atoms. The Hall–Kier alpha value is -2.46. The van der Waals surface area contributed by atoms with Crippen LogP contribution in [0.15, 0.2) is 53.3 Å². The zero-order valence-electron chi connectivity index (χ0n) is 12.5. The van der Waals surface area contributed by atoms with Gasteiger partial charge >= 0.3 is 0 Å². The van der Waals surface area contributed by atoms with E-state index in [1.807, 2.05) is 30.3 Å². The van der Waals surface area contributed by atoms with Crippen LogP contribution in [-0.2, 0) is 5.60 Å². The third-order valence-electron chi connectivity index (χ3n) is 4.72. The minimum atomic E-state index is -0.688. The van der Waals surface area contributed by atoms with Crippen LogP contribution in [0.2, 0.25) is 0 Å². The van der Waals surface area contributed by atoms with E-state index >= 15 is 0 Å². The molecule has 1 saturated carbocycles. The number of aromatic nitrogens is 1. The Kier molecular flexibility index (Phi) is 3.10. The van der Waals surface area contributed by atoms with Crippen LogP contribution in [0.1, 0.15) is 24.8 Å². The summed E-state index contributed by atoms with van der Waals surface area (Å²) in [5, 5.41) is 11.4. The second kappa shape index (κ2) is 5.03. The van der Waals surface area contributed by atoms with E-state index in [1.165, 1.54) is 12.1 Å². The highest BCUT2D eigenvalue weighted by atomic mass is 19.1. The van der Waals surface area contributed by atoms with Gasteiger partial charge in [0.25, 0.3) is 5.56 Å². The van der Waals surface area contributed by atoms with Gasteiger partial charge in [0.15, 0.2) is 0 Å². The average Bonchev–Trinajstić information content (AvgIpc) is 2.53. The number of nitrogens with one attached hydrogen (secondary N) is 1. The first-order chi connectivity index (χ1) is 11.0.